The number of amides is 2. The third kappa shape index (κ3) is 2.94. The van der Waals surface area contributed by atoms with Crippen molar-refractivity contribution >= 4 is 11.8 Å². The van der Waals surface area contributed by atoms with Crippen LogP contribution in [0.5, 0.6) is 11.5 Å². The zero-order valence-electron chi connectivity index (χ0n) is 13.3. The van der Waals surface area contributed by atoms with E-state index in [1.165, 1.54) is 6.20 Å². The number of ketones is 1. The number of benzene rings is 2. The zero-order valence-corrected chi connectivity index (χ0v) is 13.3. The maximum Gasteiger partial charge on any atom is 0.319 e. The minimum atomic E-state index is -0.504. The topological polar surface area (TPSA) is 76.7 Å². The van der Waals surface area contributed by atoms with Gasteiger partial charge in [-0.3, -0.25) is 4.79 Å². The molecule has 0 radical (unpaired) electrons. The summed E-state index contributed by atoms with van der Waals surface area (Å²) in [5.41, 5.74) is 1.78. The number of ether oxygens (including phenoxy) is 2. The Morgan fingerprint density at radius 2 is 1.76 bits per heavy atom. The van der Waals surface area contributed by atoms with E-state index in [4.69, 9.17) is 9.47 Å². The fraction of sp³-hybridized carbons (Fsp3) is 0.158. The fourth-order valence-corrected chi connectivity index (χ4v) is 2.93. The maximum atomic E-state index is 13.0. The minimum Gasteiger partial charge on any atom is -0.486 e. The number of hydrogen-bond acceptors (Lipinski definition) is 4. The van der Waals surface area contributed by atoms with Crippen LogP contribution in [-0.2, 0) is 0 Å². The molecule has 0 fully saturated rings. The molecule has 0 saturated heterocycles. The smallest absolute Gasteiger partial charge is 0.319 e. The Morgan fingerprint density at radius 3 is 2.56 bits per heavy atom. The second-order valence-electron chi connectivity index (χ2n) is 5.75. The Kier molecular flexibility index (Phi) is 3.85. The molecule has 0 saturated carbocycles. The third-order valence-corrected chi connectivity index (χ3v) is 4.14. The lowest BCUT2D eigenvalue weighted by molar-refractivity contribution is 0.102. The number of nitrogens with one attached hydrogen (secondary N) is 2. The van der Waals surface area contributed by atoms with Gasteiger partial charge >= 0.3 is 6.03 Å². The van der Waals surface area contributed by atoms with Crippen molar-refractivity contribution in [3.05, 3.63) is 71.4 Å². The highest BCUT2D eigenvalue weighted by Gasteiger charge is 2.29. The molecule has 4 rings (SSSR count). The van der Waals surface area contributed by atoms with E-state index < -0.39 is 6.04 Å². The van der Waals surface area contributed by atoms with Crippen LogP contribution in [0.2, 0.25) is 0 Å². The van der Waals surface area contributed by atoms with Gasteiger partial charge in [0.25, 0.3) is 0 Å². The summed E-state index contributed by atoms with van der Waals surface area (Å²) in [6.07, 6.45) is 1.47. The first-order valence-corrected chi connectivity index (χ1v) is 7.99. The molecule has 2 aliphatic heterocycles. The predicted molar refractivity (Wildman–Crippen MR) is 90.7 cm³/mol. The third-order valence-electron chi connectivity index (χ3n) is 4.14. The molecule has 2 aromatic carbocycles. The summed E-state index contributed by atoms with van der Waals surface area (Å²) in [5, 5.41) is 5.36. The predicted octanol–water partition coefficient (Wildman–Crippen LogP) is 2.58. The number of hydrogen-bond donors (Lipinski definition) is 2. The Morgan fingerprint density at radius 1 is 1.00 bits per heavy atom. The summed E-state index contributed by atoms with van der Waals surface area (Å²) in [7, 11) is 0. The van der Waals surface area contributed by atoms with Crippen LogP contribution in [0.1, 0.15) is 22.0 Å². The quantitative estimate of drug-likeness (QED) is 0.845. The van der Waals surface area contributed by atoms with Crippen molar-refractivity contribution in [2.24, 2.45) is 0 Å². The SMILES string of the molecule is O=C1NC=C(C(=O)c2ccc3c(c2)OCCO3)C(c2ccccc2)N1. The van der Waals surface area contributed by atoms with E-state index in [9.17, 15) is 9.59 Å². The summed E-state index contributed by atoms with van der Waals surface area (Å²) >= 11 is 0. The second kappa shape index (κ2) is 6.32. The first-order chi connectivity index (χ1) is 12.2. The number of Topliss-reactive ketones (excluding diaryl/α,β-unsaturated/α-hetero) is 1. The molecule has 126 valence electrons. The molecule has 0 bridgehead atoms. The van der Waals surface area contributed by atoms with Crippen molar-refractivity contribution in [1.29, 1.82) is 0 Å². The van der Waals surface area contributed by atoms with Gasteiger partial charge in [0.05, 0.1) is 6.04 Å². The lowest BCUT2D eigenvalue weighted by atomic mass is 9.92. The van der Waals surface area contributed by atoms with Crippen LogP contribution in [0.25, 0.3) is 0 Å². The van der Waals surface area contributed by atoms with Gasteiger partial charge in [-0.2, -0.15) is 0 Å². The second-order valence-corrected chi connectivity index (χ2v) is 5.75. The molecule has 6 heteroatoms. The summed E-state index contributed by atoms with van der Waals surface area (Å²) in [6.45, 7) is 0.953. The molecule has 1 unspecified atom stereocenters. The summed E-state index contributed by atoms with van der Waals surface area (Å²) < 4.78 is 11.0. The van der Waals surface area contributed by atoms with Crippen LogP contribution in [0.3, 0.4) is 0 Å². The zero-order chi connectivity index (χ0) is 17.2. The van der Waals surface area contributed by atoms with Gasteiger partial charge in [0.1, 0.15) is 13.2 Å². The molecule has 0 spiro atoms. The molecule has 2 heterocycles. The molecule has 1 atom stereocenters. The highest BCUT2D eigenvalue weighted by molar-refractivity contribution is 6.11. The molecule has 2 amide bonds. The first-order valence-electron chi connectivity index (χ1n) is 7.99. The van der Waals surface area contributed by atoms with Crippen molar-refractivity contribution in [2.45, 2.75) is 6.04 Å². The van der Waals surface area contributed by atoms with E-state index in [1.54, 1.807) is 18.2 Å². The summed E-state index contributed by atoms with van der Waals surface area (Å²) in [5.74, 6) is 1.01. The first kappa shape index (κ1) is 15.3. The minimum absolute atomic E-state index is 0.182. The van der Waals surface area contributed by atoms with Crippen molar-refractivity contribution in [3.63, 3.8) is 0 Å². The lowest BCUT2D eigenvalue weighted by Gasteiger charge is -2.26. The van der Waals surface area contributed by atoms with E-state index in [2.05, 4.69) is 10.6 Å². The number of rotatable bonds is 3. The standard InChI is InChI=1S/C19H16N2O4/c22-18(13-6-7-15-16(10-13)25-9-8-24-15)14-11-20-19(23)21-17(14)12-4-2-1-3-5-12/h1-7,10-11,17H,8-9H2,(H2,20,21,23). The van der Waals surface area contributed by atoms with Gasteiger partial charge in [0, 0.05) is 17.3 Å². The molecule has 25 heavy (non-hydrogen) atoms. The highest BCUT2D eigenvalue weighted by Crippen LogP contribution is 2.33. The van der Waals surface area contributed by atoms with Crippen molar-refractivity contribution in [3.8, 4) is 11.5 Å². The Labute approximate surface area is 144 Å². The summed E-state index contributed by atoms with van der Waals surface area (Å²) in [6, 6.07) is 13.6. The van der Waals surface area contributed by atoms with E-state index in [-0.39, 0.29) is 11.8 Å². The van der Waals surface area contributed by atoms with Crippen molar-refractivity contribution < 1.29 is 19.1 Å². The van der Waals surface area contributed by atoms with Crippen molar-refractivity contribution in [2.75, 3.05) is 13.2 Å². The monoisotopic (exact) mass is 336 g/mol. The van der Waals surface area contributed by atoms with Crippen LogP contribution in [0, 0.1) is 0 Å². The van der Waals surface area contributed by atoms with Gasteiger partial charge in [-0.15, -0.1) is 0 Å². The Balaban J connectivity index is 1.69. The van der Waals surface area contributed by atoms with E-state index in [1.807, 2.05) is 30.3 Å². The molecule has 2 aliphatic rings. The van der Waals surface area contributed by atoms with Crippen LogP contribution in [-0.4, -0.2) is 25.0 Å². The molecule has 2 aromatic rings. The Hall–Kier alpha value is -3.28. The molecule has 0 aromatic heterocycles. The van der Waals surface area contributed by atoms with Gasteiger partial charge in [0.15, 0.2) is 17.3 Å². The van der Waals surface area contributed by atoms with Crippen LogP contribution in [0.4, 0.5) is 4.79 Å². The van der Waals surface area contributed by atoms with E-state index in [0.29, 0.717) is 35.8 Å². The van der Waals surface area contributed by atoms with Crippen LogP contribution < -0.4 is 20.1 Å². The number of urea groups is 1. The molecular weight excluding hydrogens is 320 g/mol. The largest absolute Gasteiger partial charge is 0.486 e. The molecule has 6 nitrogen and oxygen atoms in total. The van der Waals surface area contributed by atoms with Crippen molar-refractivity contribution in [1.82, 2.24) is 10.6 Å². The van der Waals surface area contributed by atoms with E-state index in [0.717, 1.165) is 5.56 Å². The molecule has 2 N–H and O–H groups in total. The normalized spacial score (nSPS) is 18.6. The highest BCUT2D eigenvalue weighted by atomic mass is 16.6. The number of carbonyl (C=O) groups excluding carboxylic acids is 2. The van der Waals surface area contributed by atoms with Gasteiger partial charge in [0.2, 0.25) is 0 Å². The average molecular weight is 336 g/mol. The van der Waals surface area contributed by atoms with Crippen LogP contribution in [0.15, 0.2) is 60.3 Å². The van der Waals surface area contributed by atoms with Gasteiger partial charge in [-0.25, -0.2) is 4.79 Å². The molecular formula is C19H16N2O4. The molecule has 0 aliphatic carbocycles. The van der Waals surface area contributed by atoms with Gasteiger partial charge in [-0.05, 0) is 23.8 Å². The number of carbonyl (C=O) groups is 2. The van der Waals surface area contributed by atoms with Crippen LogP contribution >= 0.6 is 0 Å². The Bertz CT molecular complexity index is 861. The van der Waals surface area contributed by atoms with Gasteiger partial charge in [-0.1, -0.05) is 30.3 Å². The number of fused-ring (bicyclic) bond motifs is 1. The summed E-state index contributed by atoms with van der Waals surface area (Å²) in [4.78, 5) is 24.7. The maximum absolute atomic E-state index is 13.0. The van der Waals surface area contributed by atoms with E-state index >= 15 is 0 Å². The lowest BCUT2D eigenvalue weighted by Crippen LogP contribution is -2.42. The van der Waals surface area contributed by atoms with Gasteiger partial charge < -0.3 is 20.1 Å². The average Bonchev–Trinajstić information content (AvgIpc) is 2.67. The fourth-order valence-electron chi connectivity index (χ4n) is 2.93.